The van der Waals surface area contributed by atoms with Crippen molar-refractivity contribution < 1.29 is 14.0 Å². The third-order valence-corrected chi connectivity index (χ3v) is 3.78. The van der Waals surface area contributed by atoms with Gasteiger partial charge in [-0.3, -0.25) is 4.79 Å². The molecule has 0 spiro atoms. The van der Waals surface area contributed by atoms with E-state index in [-0.39, 0.29) is 17.6 Å². The number of hydrogen-bond donors (Lipinski definition) is 2. The summed E-state index contributed by atoms with van der Waals surface area (Å²) < 4.78 is 13.3. The van der Waals surface area contributed by atoms with Crippen molar-refractivity contribution in [3.8, 4) is 0 Å². The zero-order chi connectivity index (χ0) is 15.4. The van der Waals surface area contributed by atoms with Gasteiger partial charge in [0.15, 0.2) is 0 Å². The minimum atomic E-state index is -0.549. The summed E-state index contributed by atoms with van der Waals surface area (Å²) in [6, 6.07) is 3.85. The van der Waals surface area contributed by atoms with Crippen LogP contribution in [-0.4, -0.2) is 36.5 Å². The number of urea groups is 1. The summed E-state index contributed by atoms with van der Waals surface area (Å²) in [4.78, 5) is 24.9. The largest absolute Gasteiger partial charge is 0.352 e. The average Bonchev–Trinajstić information content (AvgIpc) is 2.47. The fourth-order valence-electron chi connectivity index (χ4n) is 2.62. The van der Waals surface area contributed by atoms with E-state index in [0.29, 0.717) is 30.8 Å². The molecule has 0 aromatic heterocycles. The van der Waals surface area contributed by atoms with E-state index in [9.17, 15) is 14.0 Å². The summed E-state index contributed by atoms with van der Waals surface area (Å²) in [5.74, 6) is -0.202. The Hall–Kier alpha value is -2.11. The van der Waals surface area contributed by atoms with Crippen LogP contribution in [0.3, 0.4) is 0 Å². The predicted molar refractivity (Wildman–Crippen MR) is 77.4 cm³/mol. The third-order valence-electron chi connectivity index (χ3n) is 3.78. The lowest BCUT2D eigenvalue weighted by Gasteiger charge is -2.33. The Morgan fingerprint density at radius 1 is 1.48 bits per heavy atom. The van der Waals surface area contributed by atoms with Crippen LogP contribution >= 0.6 is 0 Å². The van der Waals surface area contributed by atoms with Crippen molar-refractivity contribution in [1.29, 1.82) is 0 Å². The maximum Gasteiger partial charge on any atom is 0.312 e. The van der Waals surface area contributed by atoms with E-state index in [1.165, 1.54) is 12.1 Å². The van der Waals surface area contributed by atoms with Crippen molar-refractivity contribution in [2.24, 2.45) is 11.7 Å². The Labute approximate surface area is 123 Å². The molecule has 114 valence electrons. The molecule has 0 aliphatic carbocycles. The standard InChI is InChI=1S/C15H20FN3O2/c1-10-7-12(4-5-13(10)16)14(20)19-6-2-3-11(9-19)8-18-15(17)21/h4-5,7,11H,2-3,6,8-9H2,1H3,(H3,17,18,21). The van der Waals surface area contributed by atoms with Gasteiger partial charge in [-0.25, -0.2) is 9.18 Å². The summed E-state index contributed by atoms with van der Waals surface area (Å²) in [6.45, 7) is 3.38. The number of piperidine rings is 1. The zero-order valence-corrected chi connectivity index (χ0v) is 12.1. The molecule has 1 aliphatic heterocycles. The molecule has 2 rings (SSSR count). The Morgan fingerprint density at radius 3 is 2.90 bits per heavy atom. The van der Waals surface area contributed by atoms with Gasteiger partial charge in [-0.05, 0) is 49.4 Å². The molecule has 1 aromatic rings. The molecule has 6 heteroatoms. The van der Waals surface area contributed by atoms with Crippen LogP contribution in [0.15, 0.2) is 18.2 Å². The lowest BCUT2D eigenvalue weighted by Crippen LogP contribution is -2.44. The van der Waals surface area contributed by atoms with E-state index in [1.54, 1.807) is 17.9 Å². The number of halogens is 1. The Balaban J connectivity index is 2.01. The second kappa shape index (κ2) is 6.56. The first-order valence-electron chi connectivity index (χ1n) is 7.06. The van der Waals surface area contributed by atoms with Crippen LogP contribution in [0, 0.1) is 18.7 Å². The van der Waals surface area contributed by atoms with Crippen LogP contribution in [-0.2, 0) is 0 Å². The second-order valence-electron chi connectivity index (χ2n) is 5.47. The quantitative estimate of drug-likeness (QED) is 0.889. The van der Waals surface area contributed by atoms with E-state index in [4.69, 9.17) is 5.73 Å². The number of rotatable bonds is 3. The monoisotopic (exact) mass is 293 g/mol. The summed E-state index contributed by atoms with van der Waals surface area (Å²) >= 11 is 0. The van der Waals surface area contributed by atoms with Crippen molar-refractivity contribution in [2.45, 2.75) is 19.8 Å². The first-order chi connectivity index (χ1) is 9.97. The highest BCUT2D eigenvalue weighted by Crippen LogP contribution is 2.19. The van der Waals surface area contributed by atoms with Gasteiger partial charge in [0, 0.05) is 25.2 Å². The number of aryl methyl sites for hydroxylation is 1. The fraction of sp³-hybridized carbons (Fsp3) is 0.467. The summed E-state index contributed by atoms with van der Waals surface area (Å²) in [6.07, 6.45) is 1.84. The van der Waals surface area contributed by atoms with Crippen molar-refractivity contribution >= 4 is 11.9 Å². The summed E-state index contributed by atoms with van der Waals surface area (Å²) in [5.41, 5.74) is 6.02. The molecule has 0 bridgehead atoms. The van der Waals surface area contributed by atoms with Gasteiger partial charge in [0.05, 0.1) is 0 Å². The Kier molecular flexibility index (Phi) is 4.77. The number of likely N-dealkylation sites (tertiary alicyclic amines) is 1. The smallest absolute Gasteiger partial charge is 0.312 e. The van der Waals surface area contributed by atoms with Gasteiger partial charge in [0.2, 0.25) is 0 Å². The number of carbonyl (C=O) groups is 2. The first kappa shape index (κ1) is 15.3. The van der Waals surface area contributed by atoms with Crippen LogP contribution in [0.5, 0.6) is 0 Å². The van der Waals surface area contributed by atoms with Crippen molar-refractivity contribution in [2.75, 3.05) is 19.6 Å². The van der Waals surface area contributed by atoms with E-state index in [0.717, 1.165) is 12.8 Å². The topological polar surface area (TPSA) is 75.4 Å². The number of carbonyl (C=O) groups excluding carboxylic acids is 2. The number of benzene rings is 1. The highest BCUT2D eigenvalue weighted by atomic mass is 19.1. The number of nitrogens with zero attached hydrogens (tertiary/aromatic N) is 1. The molecule has 3 amide bonds. The second-order valence-corrected chi connectivity index (χ2v) is 5.47. The number of primary amides is 1. The third kappa shape index (κ3) is 3.93. The molecule has 1 fully saturated rings. The van der Waals surface area contributed by atoms with Crippen LogP contribution in [0.4, 0.5) is 9.18 Å². The molecule has 1 atom stereocenters. The van der Waals surface area contributed by atoms with Gasteiger partial charge in [-0.15, -0.1) is 0 Å². The van der Waals surface area contributed by atoms with E-state index >= 15 is 0 Å². The highest BCUT2D eigenvalue weighted by molar-refractivity contribution is 5.94. The summed E-state index contributed by atoms with van der Waals surface area (Å²) in [7, 11) is 0. The van der Waals surface area contributed by atoms with E-state index < -0.39 is 6.03 Å². The van der Waals surface area contributed by atoms with E-state index in [2.05, 4.69) is 5.32 Å². The van der Waals surface area contributed by atoms with Crippen LogP contribution in [0.25, 0.3) is 0 Å². The number of nitrogens with one attached hydrogen (secondary N) is 1. The Morgan fingerprint density at radius 2 is 2.24 bits per heavy atom. The van der Waals surface area contributed by atoms with Gasteiger partial charge < -0.3 is 16.0 Å². The molecule has 21 heavy (non-hydrogen) atoms. The van der Waals surface area contributed by atoms with Gasteiger partial charge in [0.1, 0.15) is 5.82 Å². The molecule has 1 aromatic carbocycles. The molecule has 5 nitrogen and oxygen atoms in total. The number of nitrogens with two attached hydrogens (primary N) is 1. The maximum absolute atomic E-state index is 13.3. The molecule has 1 heterocycles. The SMILES string of the molecule is Cc1cc(C(=O)N2CCCC(CNC(N)=O)C2)ccc1F. The minimum Gasteiger partial charge on any atom is -0.352 e. The summed E-state index contributed by atoms with van der Waals surface area (Å²) in [5, 5.41) is 2.58. The van der Waals surface area contributed by atoms with Crippen molar-refractivity contribution in [3.63, 3.8) is 0 Å². The minimum absolute atomic E-state index is 0.0955. The average molecular weight is 293 g/mol. The zero-order valence-electron chi connectivity index (χ0n) is 12.1. The van der Waals surface area contributed by atoms with Gasteiger partial charge in [-0.2, -0.15) is 0 Å². The van der Waals surface area contributed by atoms with Crippen LogP contribution in [0.1, 0.15) is 28.8 Å². The molecule has 1 saturated heterocycles. The van der Waals surface area contributed by atoms with Crippen molar-refractivity contribution in [1.82, 2.24) is 10.2 Å². The molecule has 0 radical (unpaired) electrons. The lowest BCUT2D eigenvalue weighted by molar-refractivity contribution is 0.0675. The van der Waals surface area contributed by atoms with Gasteiger partial charge in [-0.1, -0.05) is 0 Å². The molecule has 1 unspecified atom stereocenters. The maximum atomic E-state index is 13.3. The molecule has 0 saturated carbocycles. The van der Waals surface area contributed by atoms with Crippen molar-refractivity contribution in [3.05, 3.63) is 35.1 Å². The predicted octanol–water partition coefficient (Wildman–Crippen LogP) is 1.65. The molecular formula is C15H20FN3O2. The lowest BCUT2D eigenvalue weighted by atomic mass is 9.97. The first-order valence-corrected chi connectivity index (χ1v) is 7.06. The Bertz CT molecular complexity index is 548. The van der Waals surface area contributed by atoms with Gasteiger partial charge in [0.25, 0.3) is 5.91 Å². The normalized spacial score (nSPS) is 18.4. The fourth-order valence-corrected chi connectivity index (χ4v) is 2.62. The molecule has 3 N–H and O–H groups in total. The molecule has 1 aliphatic rings. The molecular weight excluding hydrogens is 273 g/mol. The van der Waals surface area contributed by atoms with Crippen LogP contribution in [0.2, 0.25) is 0 Å². The van der Waals surface area contributed by atoms with Gasteiger partial charge >= 0.3 is 6.03 Å². The highest BCUT2D eigenvalue weighted by Gasteiger charge is 2.24. The number of hydrogen-bond acceptors (Lipinski definition) is 2. The van der Waals surface area contributed by atoms with E-state index in [1.807, 2.05) is 0 Å². The number of amides is 3. The van der Waals surface area contributed by atoms with Crippen LogP contribution < -0.4 is 11.1 Å².